The Morgan fingerprint density at radius 3 is 2.94 bits per heavy atom. The quantitative estimate of drug-likeness (QED) is 0.915. The Balaban J connectivity index is 2.09. The van der Waals surface area contributed by atoms with Gasteiger partial charge in [-0.25, -0.2) is 9.50 Å². The smallest absolute Gasteiger partial charge is 0.171 e. The van der Waals surface area contributed by atoms with E-state index in [4.69, 9.17) is 0 Å². The molecule has 2 unspecified atom stereocenters. The maximum absolute atomic E-state index is 4.55. The number of halogens is 1. The summed E-state index contributed by atoms with van der Waals surface area (Å²) in [4.78, 5) is 4.55. The van der Waals surface area contributed by atoms with Crippen LogP contribution in [-0.4, -0.2) is 20.6 Å². The highest BCUT2D eigenvalue weighted by molar-refractivity contribution is 9.10. The molecule has 0 spiro atoms. The molecular weight excluding hydrogens is 292 g/mol. The first-order chi connectivity index (χ1) is 8.60. The minimum Gasteiger partial charge on any atom is -0.367 e. The first-order valence-corrected chi connectivity index (χ1v) is 7.16. The molecule has 0 aliphatic rings. The molecule has 5 heteroatoms. The maximum atomic E-state index is 4.55. The van der Waals surface area contributed by atoms with Crippen molar-refractivity contribution in [1.82, 2.24) is 14.6 Å². The molecule has 0 aliphatic carbocycles. The summed E-state index contributed by atoms with van der Waals surface area (Å²) < 4.78 is 2.68. The van der Waals surface area contributed by atoms with Gasteiger partial charge in [0.1, 0.15) is 5.82 Å². The van der Waals surface area contributed by atoms with Crippen LogP contribution in [0.15, 0.2) is 22.9 Å². The van der Waals surface area contributed by atoms with Crippen molar-refractivity contribution in [2.75, 3.05) is 5.32 Å². The SMILES string of the molecule is CCC(C)CC(C)Nc1ccn2ncc(Br)c2n1. The molecule has 0 radical (unpaired) electrons. The van der Waals surface area contributed by atoms with Crippen molar-refractivity contribution in [3.8, 4) is 0 Å². The van der Waals surface area contributed by atoms with Crippen LogP contribution in [0.1, 0.15) is 33.6 Å². The summed E-state index contributed by atoms with van der Waals surface area (Å²) in [5.74, 6) is 1.64. The van der Waals surface area contributed by atoms with E-state index >= 15 is 0 Å². The van der Waals surface area contributed by atoms with Gasteiger partial charge in [0.25, 0.3) is 0 Å². The number of hydrogen-bond donors (Lipinski definition) is 1. The number of hydrogen-bond acceptors (Lipinski definition) is 3. The number of rotatable bonds is 5. The molecule has 2 atom stereocenters. The van der Waals surface area contributed by atoms with Gasteiger partial charge in [-0.1, -0.05) is 20.3 Å². The molecule has 1 N–H and O–H groups in total. The fourth-order valence-electron chi connectivity index (χ4n) is 2.00. The lowest BCUT2D eigenvalue weighted by Crippen LogP contribution is -2.19. The molecule has 0 aromatic carbocycles. The Hall–Kier alpha value is -1.10. The summed E-state index contributed by atoms with van der Waals surface area (Å²) in [6.45, 7) is 6.71. The second-order valence-corrected chi connectivity index (χ2v) is 5.72. The van der Waals surface area contributed by atoms with E-state index in [1.807, 2.05) is 12.3 Å². The van der Waals surface area contributed by atoms with Gasteiger partial charge in [-0.05, 0) is 41.3 Å². The van der Waals surface area contributed by atoms with Gasteiger partial charge in [0.2, 0.25) is 0 Å². The van der Waals surface area contributed by atoms with Crippen molar-refractivity contribution in [1.29, 1.82) is 0 Å². The van der Waals surface area contributed by atoms with Crippen LogP contribution >= 0.6 is 15.9 Å². The second-order valence-electron chi connectivity index (χ2n) is 4.87. The molecule has 0 bridgehead atoms. The van der Waals surface area contributed by atoms with Crippen LogP contribution in [0, 0.1) is 5.92 Å². The van der Waals surface area contributed by atoms with Crippen LogP contribution in [0.4, 0.5) is 5.82 Å². The molecule has 0 fully saturated rings. The third kappa shape index (κ3) is 3.02. The zero-order chi connectivity index (χ0) is 13.1. The van der Waals surface area contributed by atoms with E-state index in [0.29, 0.717) is 6.04 Å². The standard InChI is InChI=1S/C13H19BrN4/c1-4-9(2)7-10(3)16-12-5-6-18-13(17-12)11(14)8-15-18/h5-6,8-10H,4,7H2,1-3H3,(H,16,17). The molecule has 0 amide bonds. The molecule has 98 valence electrons. The predicted molar refractivity (Wildman–Crippen MR) is 77.8 cm³/mol. The molecule has 0 saturated heterocycles. The van der Waals surface area contributed by atoms with Crippen LogP contribution < -0.4 is 5.32 Å². The van der Waals surface area contributed by atoms with Gasteiger partial charge < -0.3 is 5.32 Å². The summed E-state index contributed by atoms with van der Waals surface area (Å²) >= 11 is 3.45. The molecule has 2 aromatic rings. The number of nitrogens with one attached hydrogen (secondary N) is 1. The predicted octanol–water partition coefficient (Wildman–Crippen LogP) is 3.73. The molecule has 2 heterocycles. The van der Waals surface area contributed by atoms with E-state index in [-0.39, 0.29) is 0 Å². The van der Waals surface area contributed by atoms with Crippen molar-refractivity contribution >= 4 is 27.4 Å². The fraction of sp³-hybridized carbons (Fsp3) is 0.538. The van der Waals surface area contributed by atoms with Crippen LogP contribution in [0.25, 0.3) is 5.65 Å². The van der Waals surface area contributed by atoms with Crippen molar-refractivity contribution < 1.29 is 0 Å². The van der Waals surface area contributed by atoms with Crippen LogP contribution in [-0.2, 0) is 0 Å². The summed E-state index contributed by atoms with van der Waals surface area (Å²) in [6.07, 6.45) is 6.05. The highest BCUT2D eigenvalue weighted by atomic mass is 79.9. The fourth-order valence-corrected chi connectivity index (χ4v) is 2.36. The van der Waals surface area contributed by atoms with Gasteiger partial charge in [0.15, 0.2) is 5.65 Å². The van der Waals surface area contributed by atoms with Gasteiger partial charge in [0, 0.05) is 12.2 Å². The Kier molecular flexibility index (Phi) is 4.22. The van der Waals surface area contributed by atoms with Crippen LogP contribution in [0.5, 0.6) is 0 Å². The van der Waals surface area contributed by atoms with E-state index in [0.717, 1.165) is 28.3 Å². The van der Waals surface area contributed by atoms with Crippen molar-refractivity contribution in [3.05, 3.63) is 22.9 Å². The van der Waals surface area contributed by atoms with Crippen LogP contribution in [0.2, 0.25) is 0 Å². The average Bonchev–Trinajstić information content (AvgIpc) is 2.71. The monoisotopic (exact) mass is 310 g/mol. The van der Waals surface area contributed by atoms with Crippen LogP contribution in [0.3, 0.4) is 0 Å². The average molecular weight is 311 g/mol. The number of anilines is 1. The largest absolute Gasteiger partial charge is 0.367 e. The second kappa shape index (κ2) is 5.69. The van der Waals surface area contributed by atoms with Gasteiger partial charge in [-0.15, -0.1) is 0 Å². The molecule has 0 aliphatic heterocycles. The lowest BCUT2D eigenvalue weighted by Gasteiger charge is -2.18. The third-order valence-electron chi connectivity index (χ3n) is 3.17. The van der Waals surface area contributed by atoms with E-state index in [1.54, 1.807) is 10.7 Å². The molecule has 2 aromatic heterocycles. The van der Waals surface area contributed by atoms with E-state index < -0.39 is 0 Å². The molecule has 18 heavy (non-hydrogen) atoms. The van der Waals surface area contributed by atoms with Crippen molar-refractivity contribution in [2.45, 2.75) is 39.7 Å². The van der Waals surface area contributed by atoms with E-state index in [2.05, 4.69) is 52.1 Å². The topological polar surface area (TPSA) is 42.2 Å². The first kappa shape index (κ1) is 13.3. The van der Waals surface area contributed by atoms with Crippen molar-refractivity contribution in [2.24, 2.45) is 5.92 Å². The molecule has 0 saturated carbocycles. The minimum absolute atomic E-state index is 0.427. The van der Waals surface area contributed by atoms with Gasteiger partial charge >= 0.3 is 0 Å². The van der Waals surface area contributed by atoms with E-state index in [1.165, 1.54) is 6.42 Å². The summed E-state index contributed by atoms with van der Waals surface area (Å²) in [7, 11) is 0. The molecule has 4 nitrogen and oxygen atoms in total. The van der Waals surface area contributed by atoms with Gasteiger partial charge in [0.05, 0.1) is 10.7 Å². The van der Waals surface area contributed by atoms with Gasteiger partial charge in [-0.3, -0.25) is 0 Å². The maximum Gasteiger partial charge on any atom is 0.171 e. The third-order valence-corrected chi connectivity index (χ3v) is 3.73. The lowest BCUT2D eigenvalue weighted by atomic mass is 10.0. The number of aromatic nitrogens is 3. The summed E-state index contributed by atoms with van der Waals surface area (Å²) in [5.41, 5.74) is 0.843. The minimum atomic E-state index is 0.427. The van der Waals surface area contributed by atoms with Gasteiger partial charge in [-0.2, -0.15) is 5.10 Å². The number of fused-ring (bicyclic) bond motifs is 1. The number of nitrogens with zero attached hydrogens (tertiary/aromatic N) is 3. The zero-order valence-corrected chi connectivity index (χ0v) is 12.6. The Labute approximate surface area is 116 Å². The summed E-state index contributed by atoms with van der Waals surface area (Å²) in [5, 5.41) is 7.62. The Morgan fingerprint density at radius 2 is 2.22 bits per heavy atom. The normalized spacial score (nSPS) is 14.7. The summed E-state index contributed by atoms with van der Waals surface area (Å²) in [6, 6.07) is 2.39. The molecule has 2 rings (SSSR count). The lowest BCUT2D eigenvalue weighted by molar-refractivity contribution is 0.483. The zero-order valence-electron chi connectivity index (χ0n) is 11.0. The Morgan fingerprint density at radius 1 is 1.44 bits per heavy atom. The highest BCUT2D eigenvalue weighted by Gasteiger charge is 2.09. The van der Waals surface area contributed by atoms with Crippen molar-refractivity contribution in [3.63, 3.8) is 0 Å². The Bertz CT molecular complexity index is 523. The van der Waals surface area contributed by atoms with E-state index in [9.17, 15) is 0 Å². The first-order valence-electron chi connectivity index (χ1n) is 6.36. The molecular formula is C13H19BrN4. The highest BCUT2D eigenvalue weighted by Crippen LogP contribution is 2.18.